The number of cyclic esters (lactones) is 1. The maximum Gasteiger partial charge on any atom is 0.378 e. The molecule has 0 aromatic rings. The summed E-state index contributed by atoms with van der Waals surface area (Å²) in [4.78, 5) is 11.7. The Balaban J connectivity index is 1.87. The van der Waals surface area contributed by atoms with Crippen molar-refractivity contribution in [1.29, 1.82) is 0 Å². The lowest BCUT2D eigenvalue weighted by molar-refractivity contribution is -0.148. The largest absolute Gasteiger partial charge is 0.505 e. The average Bonchev–Trinajstić information content (AvgIpc) is 3.05. The molecule has 0 bridgehead atoms. The third kappa shape index (κ3) is 12.4. The molecular formula is C25H46O6. The molecule has 3 N–H and O–H groups in total. The van der Waals surface area contributed by atoms with Gasteiger partial charge in [0.15, 0.2) is 11.9 Å². The van der Waals surface area contributed by atoms with E-state index in [9.17, 15) is 15.0 Å². The summed E-state index contributed by atoms with van der Waals surface area (Å²) in [6, 6.07) is 0. The smallest absolute Gasteiger partial charge is 0.378 e. The molecule has 0 fully saturated rings. The Labute approximate surface area is 189 Å². The van der Waals surface area contributed by atoms with E-state index in [0.29, 0.717) is 6.61 Å². The van der Waals surface area contributed by atoms with Gasteiger partial charge in [-0.2, -0.15) is 0 Å². The first-order valence-electron chi connectivity index (χ1n) is 12.7. The van der Waals surface area contributed by atoms with Crippen LogP contribution in [-0.4, -0.2) is 46.7 Å². The summed E-state index contributed by atoms with van der Waals surface area (Å²) in [5, 5.41) is 28.3. The Bertz CT molecular complexity index is 490. The monoisotopic (exact) mass is 442 g/mol. The third-order valence-electron chi connectivity index (χ3n) is 5.95. The summed E-state index contributed by atoms with van der Waals surface area (Å²) in [5.74, 6) is -1.46. The Hall–Kier alpha value is -1.27. The molecule has 0 aromatic carbocycles. The van der Waals surface area contributed by atoms with Gasteiger partial charge in [-0.15, -0.1) is 0 Å². The minimum absolute atomic E-state index is 0.242. The second kappa shape index (κ2) is 18.3. The lowest BCUT2D eigenvalue weighted by Gasteiger charge is -2.13. The molecule has 1 heterocycles. The average molecular weight is 443 g/mol. The van der Waals surface area contributed by atoms with Gasteiger partial charge in [-0.3, -0.25) is 0 Å². The van der Waals surface area contributed by atoms with E-state index in [4.69, 9.17) is 14.6 Å². The first-order chi connectivity index (χ1) is 15.1. The summed E-state index contributed by atoms with van der Waals surface area (Å²) in [6.07, 6.45) is 19.5. The zero-order valence-electron chi connectivity index (χ0n) is 19.7. The van der Waals surface area contributed by atoms with Gasteiger partial charge in [-0.05, 0) is 6.42 Å². The molecule has 6 heteroatoms. The number of carbonyl (C=O) groups excluding carboxylic acids is 1. The summed E-state index contributed by atoms with van der Waals surface area (Å²) in [6.45, 7) is 1.99. The molecule has 0 saturated heterocycles. The van der Waals surface area contributed by atoms with Crippen molar-refractivity contribution in [3.05, 3.63) is 11.5 Å². The van der Waals surface area contributed by atoms with E-state index in [0.717, 1.165) is 19.3 Å². The molecular weight excluding hydrogens is 396 g/mol. The zero-order valence-corrected chi connectivity index (χ0v) is 19.7. The number of esters is 1. The molecule has 2 atom stereocenters. The van der Waals surface area contributed by atoms with Crippen molar-refractivity contribution in [2.24, 2.45) is 0 Å². The van der Waals surface area contributed by atoms with Gasteiger partial charge in [-0.25, -0.2) is 4.79 Å². The maximum absolute atomic E-state index is 11.7. The van der Waals surface area contributed by atoms with Crippen LogP contribution in [0.3, 0.4) is 0 Å². The number of hydrogen-bond donors (Lipinski definition) is 3. The number of rotatable bonds is 21. The van der Waals surface area contributed by atoms with E-state index < -0.39 is 30.5 Å². The predicted octanol–water partition coefficient (Wildman–Crippen LogP) is 5.70. The molecule has 1 aliphatic rings. The van der Waals surface area contributed by atoms with Crippen LogP contribution < -0.4 is 0 Å². The van der Waals surface area contributed by atoms with Gasteiger partial charge in [0.25, 0.3) is 0 Å². The normalized spacial score (nSPS) is 17.3. The van der Waals surface area contributed by atoms with Crippen molar-refractivity contribution < 1.29 is 29.6 Å². The van der Waals surface area contributed by atoms with E-state index in [-0.39, 0.29) is 5.76 Å². The molecule has 1 rings (SSSR count). The first kappa shape index (κ1) is 27.8. The molecule has 182 valence electrons. The molecule has 0 amide bonds. The van der Waals surface area contributed by atoms with Gasteiger partial charge in [0.1, 0.15) is 6.10 Å². The number of hydrogen-bond acceptors (Lipinski definition) is 6. The van der Waals surface area contributed by atoms with Gasteiger partial charge in [0, 0.05) is 0 Å². The highest BCUT2D eigenvalue weighted by molar-refractivity contribution is 5.89. The van der Waals surface area contributed by atoms with E-state index in [1.165, 1.54) is 89.9 Å². The van der Waals surface area contributed by atoms with E-state index >= 15 is 0 Å². The fourth-order valence-corrected chi connectivity index (χ4v) is 3.95. The first-order valence-corrected chi connectivity index (χ1v) is 12.7. The predicted molar refractivity (Wildman–Crippen MR) is 123 cm³/mol. The van der Waals surface area contributed by atoms with Gasteiger partial charge >= 0.3 is 5.97 Å². The van der Waals surface area contributed by atoms with Crippen molar-refractivity contribution in [3.8, 4) is 0 Å². The lowest BCUT2D eigenvalue weighted by Crippen LogP contribution is -2.31. The van der Waals surface area contributed by atoms with Crippen molar-refractivity contribution in [1.82, 2.24) is 0 Å². The Morgan fingerprint density at radius 3 is 1.65 bits per heavy atom. The van der Waals surface area contributed by atoms with Crippen LogP contribution in [0.25, 0.3) is 0 Å². The maximum atomic E-state index is 11.7. The minimum atomic E-state index is -1.34. The second-order valence-electron chi connectivity index (χ2n) is 8.80. The number of ether oxygens (including phenoxy) is 2. The van der Waals surface area contributed by atoms with Crippen molar-refractivity contribution >= 4 is 5.97 Å². The van der Waals surface area contributed by atoms with Crippen LogP contribution >= 0.6 is 0 Å². The fraction of sp³-hybridized carbons (Fsp3) is 0.880. The quantitative estimate of drug-likeness (QED) is 0.156. The highest BCUT2D eigenvalue weighted by Crippen LogP contribution is 2.24. The van der Waals surface area contributed by atoms with Crippen LogP contribution in [0, 0.1) is 0 Å². The molecule has 0 radical (unpaired) electrons. The number of unbranched alkanes of at least 4 members (excludes halogenated alkanes) is 16. The molecule has 0 aliphatic carbocycles. The van der Waals surface area contributed by atoms with Crippen molar-refractivity contribution in [2.75, 3.05) is 13.2 Å². The molecule has 0 aromatic heterocycles. The Morgan fingerprint density at radius 1 is 0.806 bits per heavy atom. The summed E-state index contributed by atoms with van der Waals surface area (Å²) < 4.78 is 10.2. The third-order valence-corrected chi connectivity index (χ3v) is 5.95. The summed E-state index contributed by atoms with van der Waals surface area (Å²) in [7, 11) is 0. The van der Waals surface area contributed by atoms with Crippen LogP contribution in [0.4, 0.5) is 0 Å². The van der Waals surface area contributed by atoms with Crippen LogP contribution in [0.2, 0.25) is 0 Å². The van der Waals surface area contributed by atoms with Gasteiger partial charge in [-0.1, -0.05) is 110 Å². The van der Waals surface area contributed by atoms with Gasteiger partial charge < -0.3 is 24.8 Å². The molecule has 31 heavy (non-hydrogen) atoms. The second-order valence-corrected chi connectivity index (χ2v) is 8.80. The lowest BCUT2D eigenvalue weighted by atomic mass is 10.0. The van der Waals surface area contributed by atoms with Crippen LogP contribution in [-0.2, 0) is 14.3 Å². The number of aliphatic hydroxyl groups is 3. The fourth-order valence-electron chi connectivity index (χ4n) is 3.95. The summed E-state index contributed by atoms with van der Waals surface area (Å²) >= 11 is 0. The molecule has 1 aliphatic heterocycles. The Morgan fingerprint density at radius 2 is 1.23 bits per heavy atom. The van der Waals surface area contributed by atoms with Crippen LogP contribution in [0.5, 0.6) is 0 Å². The highest BCUT2D eigenvalue weighted by Gasteiger charge is 2.40. The Kier molecular flexibility index (Phi) is 16.4. The molecule has 0 spiro atoms. The van der Waals surface area contributed by atoms with Gasteiger partial charge in [0.05, 0.1) is 13.2 Å². The van der Waals surface area contributed by atoms with Crippen molar-refractivity contribution in [3.63, 3.8) is 0 Å². The van der Waals surface area contributed by atoms with E-state index in [2.05, 4.69) is 6.92 Å². The van der Waals surface area contributed by atoms with Crippen LogP contribution in [0.15, 0.2) is 11.5 Å². The van der Waals surface area contributed by atoms with E-state index in [1.54, 1.807) is 0 Å². The number of aliphatic hydroxyl groups excluding tert-OH is 3. The molecule has 0 saturated carbocycles. The standard InChI is InChI=1S/C25H46O6/c1-2-3-4-5-6-7-8-9-10-11-12-13-14-15-16-17-18-19-30-24-22(28)23(21(27)20-26)31-25(24)29/h21,23,26-28H,2-20H2,1H3/t21-,23+/m0/s1. The molecule has 0 unspecified atom stereocenters. The topological polar surface area (TPSA) is 96.2 Å². The highest BCUT2D eigenvalue weighted by atomic mass is 16.6. The minimum Gasteiger partial charge on any atom is -0.505 e. The molecule has 6 nitrogen and oxygen atoms in total. The van der Waals surface area contributed by atoms with Gasteiger partial charge in [0.2, 0.25) is 5.76 Å². The summed E-state index contributed by atoms with van der Waals surface area (Å²) in [5.41, 5.74) is 0. The van der Waals surface area contributed by atoms with Crippen LogP contribution in [0.1, 0.15) is 116 Å². The SMILES string of the molecule is CCCCCCCCCCCCCCCCCCCOC1=C(O)[C@@H]([C@@H](O)CO)OC1=O. The zero-order chi connectivity index (χ0) is 22.7. The van der Waals surface area contributed by atoms with E-state index in [1.807, 2.05) is 0 Å². The van der Waals surface area contributed by atoms with Crippen molar-refractivity contribution in [2.45, 2.75) is 128 Å². The number of carbonyl (C=O) groups is 1.